The summed E-state index contributed by atoms with van der Waals surface area (Å²) in [6.45, 7) is 7.79. The molecule has 0 radical (unpaired) electrons. The van der Waals surface area contributed by atoms with Crippen LogP contribution in [0, 0.1) is 0 Å². The van der Waals surface area contributed by atoms with Crippen LogP contribution in [0.15, 0.2) is 0 Å². The van der Waals surface area contributed by atoms with E-state index < -0.39 is 11.6 Å². The highest BCUT2D eigenvalue weighted by molar-refractivity contribution is 5.96. The van der Waals surface area contributed by atoms with Crippen molar-refractivity contribution in [3.8, 4) is 0 Å². The van der Waals surface area contributed by atoms with Crippen LogP contribution in [0.25, 0.3) is 0 Å². The Labute approximate surface area is 90.9 Å². The summed E-state index contributed by atoms with van der Waals surface area (Å²) in [6.07, 6.45) is 0.653. The molecule has 0 unspecified atom stereocenters. The van der Waals surface area contributed by atoms with Gasteiger partial charge in [-0.3, -0.25) is 9.59 Å². The Morgan fingerprint density at radius 2 is 1.80 bits per heavy atom. The molecule has 0 fully saturated rings. The van der Waals surface area contributed by atoms with E-state index >= 15 is 0 Å². The first kappa shape index (κ1) is 14.1. The Morgan fingerprint density at radius 3 is 2.27 bits per heavy atom. The van der Waals surface area contributed by atoms with Gasteiger partial charge in [-0.2, -0.15) is 0 Å². The van der Waals surface area contributed by atoms with Crippen LogP contribution >= 0.6 is 0 Å². The monoisotopic (exact) mass is 216 g/mol. The van der Waals surface area contributed by atoms with Crippen LogP contribution in [0.2, 0.25) is 0 Å². The summed E-state index contributed by atoms with van der Waals surface area (Å²) in [5, 5.41) is 0. The van der Waals surface area contributed by atoms with E-state index in [1.54, 1.807) is 20.8 Å². The second-order valence-electron chi connectivity index (χ2n) is 4.35. The average Bonchev–Trinajstić information content (AvgIpc) is 2.00. The molecule has 4 heteroatoms. The van der Waals surface area contributed by atoms with E-state index in [1.165, 1.54) is 0 Å². The molecule has 0 aliphatic rings. The van der Waals surface area contributed by atoms with Crippen molar-refractivity contribution >= 4 is 11.8 Å². The minimum absolute atomic E-state index is 0.00686. The van der Waals surface area contributed by atoms with Gasteiger partial charge in [0.25, 0.3) is 0 Å². The van der Waals surface area contributed by atoms with Gasteiger partial charge in [0.05, 0.1) is 0 Å². The van der Waals surface area contributed by atoms with Crippen molar-refractivity contribution in [2.75, 3.05) is 13.2 Å². The first-order valence-corrected chi connectivity index (χ1v) is 5.16. The minimum atomic E-state index is -0.540. The van der Waals surface area contributed by atoms with E-state index in [-0.39, 0.29) is 18.8 Å². The van der Waals surface area contributed by atoms with Crippen LogP contribution in [-0.2, 0) is 19.1 Å². The summed E-state index contributed by atoms with van der Waals surface area (Å²) in [4.78, 5) is 22.4. The summed E-state index contributed by atoms with van der Waals surface area (Å²) in [6, 6.07) is 0. The highest BCUT2D eigenvalue weighted by atomic mass is 16.6. The molecule has 4 nitrogen and oxygen atoms in total. The summed E-state index contributed by atoms with van der Waals surface area (Å²) < 4.78 is 10.0. The molecule has 0 aromatic rings. The third-order valence-electron chi connectivity index (χ3n) is 1.37. The molecule has 15 heavy (non-hydrogen) atoms. The van der Waals surface area contributed by atoms with Crippen LogP contribution in [0.4, 0.5) is 0 Å². The van der Waals surface area contributed by atoms with Crippen LogP contribution < -0.4 is 0 Å². The largest absolute Gasteiger partial charge is 0.460 e. The molecule has 0 aliphatic heterocycles. The topological polar surface area (TPSA) is 52.6 Å². The standard InChI is InChI=1S/C11H20O4/c1-5-6-14-8-9(12)7-10(13)15-11(2,3)4/h5-8H2,1-4H3. The zero-order valence-electron chi connectivity index (χ0n) is 9.96. The van der Waals surface area contributed by atoms with Gasteiger partial charge in [-0.1, -0.05) is 6.92 Å². The van der Waals surface area contributed by atoms with Gasteiger partial charge in [0.1, 0.15) is 18.6 Å². The van der Waals surface area contributed by atoms with Crippen molar-refractivity contribution in [1.29, 1.82) is 0 Å². The van der Waals surface area contributed by atoms with Gasteiger partial charge in [-0.15, -0.1) is 0 Å². The van der Waals surface area contributed by atoms with Gasteiger partial charge in [0.2, 0.25) is 0 Å². The number of carbonyl (C=O) groups is 2. The maximum atomic E-state index is 11.2. The van der Waals surface area contributed by atoms with E-state index in [4.69, 9.17) is 9.47 Å². The lowest BCUT2D eigenvalue weighted by atomic mass is 10.2. The number of Topliss-reactive ketones (excluding diaryl/α,β-unsaturated/α-hetero) is 1. The molecule has 0 aromatic heterocycles. The van der Waals surface area contributed by atoms with Gasteiger partial charge in [-0.05, 0) is 27.2 Å². The number of ether oxygens (including phenoxy) is 2. The molecule has 0 aromatic carbocycles. The summed E-state index contributed by atoms with van der Waals surface area (Å²) >= 11 is 0. The fourth-order valence-electron chi connectivity index (χ4n) is 0.920. The maximum absolute atomic E-state index is 11.2. The quantitative estimate of drug-likeness (QED) is 0.385. The van der Waals surface area contributed by atoms with E-state index in [2.05, 4.69) is 0 Å². The van der Waals surface area contributed by atoms with Gasteiger partial charge < -0.3 is 9.47 Å². The Kier molecular flexibility index (Phi) is 6.17. The van der Waals surface area contributed by atoms with Gasteiger partial charge in [0, 0.05) is 6.61 Å². The lowest BCUT2D eigenvalue weighted by molar-refractivity contribution is -0.156. The number of hydrogen-bond acceptors (Lipinski definition) is 4. The Hall–Kier alpha value is -0.900. The molecule has 88 valence electrons. The number of esters is 1. The second-order valence-corrected chi connectivity index (χ2v) is 4.35. The first-order chi connectivity index (χ1) is 6.85. The molecule has 0 spiro atoms. The van der Waals surface area contributed by atoms with Gasteiger partial charge >= 0.3 is 5.97 Å². The highest BCUT2D eigenvalue weighted by Crippen LogP contribution is 2.08. The van der Waals surface area contributed by atoms with Crippen molar-refractivity contribution in [1.82, 2.24) is 0 Å². The van der Waals surface area contributed by atoms with E-state index in [1.807, 2.05) is 6.92 Å². The van der Waals surface area contributed by atoms with E-state index in [0.29, 0.717) is 6.61 Å². The lowest BCUT2D eigenvalue weighted by Gasteiger charge is -2.19. The number of ketones is 1. The average molecular weight is 216 g/mol. The molecular formula is C11H20O4. The van der Waals surface area contributed by atoms with Crippen molar-refractivity contribution < 1.29 is 19.1 Å². The van der Waals surface area contributed by atoms with Crippen LogP contribution in [0.3, 0.4) is 0 Å². The zero-order chi connectivity index (χ0) is 11.9. The SMILES string of the molecule is CCCOCC(=O)CC(=O)OC(C)(C)C. The van der Waals surface area contributed by atoms with Crippen molar-refractivity contribution in [2.45, 2.75) is 46.1 Å². The smallest absolute Gasteiger partial charge is 0.313 e. The molecule has 0 rings (SSSR count). The summed E-state index contributed by atoms with van der Waals surface area (Å²) in [5.41, 5.74) is -0.540. The second kappa shape index (κ2) is 6.56. The first-order valence-electron chi connectivity index (χ1n) is 5.16. The molecule has 0 aliphatic carbocycles. The summed E-state index contributed by atoms with van der Waals surface area (Å²) in [5.74, 6) is -0.731. The van der Waals surface area contributed by atoms with Crippen molar-refractivity contribution in [3.05, 3.63) is 0 Å². The normalized spacial score (nSPS) is 11.2. The highest BCUT2D eigenvalue weighted by Gasteiger charge is 2.18. The zero-order valence-corrected chi connectivity index (χ0v) is 9.96. The molecule has 0 bridgehead atoms. The molecule has 0 heterocycles. The van der Waals surface area contributed by atoms with E-state index in [9.17, 15) is 9.59 Å². The van der Waals surface area contributed by atoms with Crippen LogP contribution in [0.5, 0.6) is 0 Å². The molecular weight excluding hydrogens is 196 g/mol. The maximum Gasteiger partial charge on any atom is 0.313 e. The predicted octanol–water partition coefficient (Wildman–Crippen LogP) is 1.71. The molecule has 0 amide bonds. The molecule has 0 saturated heterocycles. The third-order valence-corrected chi connectivity index (χ3v) is 1.37. The number of rotatable bonds is 6. The Bertz CT molecular complexity index is 215. The molecule has 0 saturated carbocycles. The van der Waals surface area contributed by atoms with Gasteiger partial charge in [0.15, 0.2) is 5.78 Å². The molecule has 0 N–H and O–H groups in total. The Balaban J connectivity index is 3.72. The Morgan fingerprint density at radius 1 is 1.20 bits per heavy atom. The third kappa shape index (κ3) is 9.41. The fourth-order valence-corrected chi connectivity index (χ4v) is 0.920. The summed E-state index contributed by atoms with van der Waals surface area (Å²) in [7, 11) is 0. The van der Waals surface area contributed by atoms with Crippen molar-refractivity contribution in [3.63, 3.8) is 0 Å². The lowest BCUT2D eigenvalue weighted by Crippen LogP contribution is -2.26. The predicted molar refractivity (Wildman–Crippen MR) is 56.6 cm³/mol. The van der Waals surface area contributed by atoms with Gasteiger partial charge in [-0.25, -0.2) is 0 Å². The molecule has 0 atom stereocenters. The van der Waals surface area contributed by atoms with Crippen LogP contribution in [-0.4, -0.2) is 30.6 Å². The number of carbonyl (C=O) groups excluding carboxylic acids is 2. The van der Waals surface area contributed by atoms with Crippen molar-refractivity contribution in [2.24, 2.45) is 0 Å². The minimum Gasteiger partial charge on any atom is -0.460 e. The number of hydrogen-bond donors (Lipinski definition) is 0. The van der Waals surface area contributed by atoms with E-state index in [0.717, 1.165) is 6.42 Å². The van der Waals surface area contributed by atoms with Crippen LogP contribution in [0.1, 0.15) is 40.5 Å². The fraction of sp³-hybridized carbons (Fsp3) is 0.818.